The number of rotatable bonds is 2. The van der Waals surface area contributed by atoms with Crippen molar-refractivity contribution in [3.63, 3.8) is 0 Å². The third kappa shape index (κ3) is 2.98. The Hall–Kier alpha value is -1.63. The van der Waals surface area contributed by atoms with Crippen molar-refractivity contribution < 1.29 is 9.90 Å². The first kappa shape index (κ1) is 12.8. The molecule has 92 valence electrons. The van der Waals surface area contributed by atoms with Crippen LogP contribution in [0, 0.1) is 10.5 Å². The first-order valence-electron chi connectivity index (χ1n) is 5.29. The molecule has 2 rings (SSSR count). The van der Waals surface area contributed by atoms with Crippen LogP contribution in [0.2, 0.25) is 0 Å². The number of benzene rings is 1. The lowest BCUT2D eigenvalue weighted by Gasteiger charge is -2.06. The van der Waals surface area contributed by atoms with Gasteiger partial charge in [-0.25, -0.2) is 4.98 Å². The van der Waals surface area contributed by atoms with Crippen LogP contribution in [0.3, 0.4) is 0 Å². The molecule has 4 nitrogen and oxygen atoms in total. The van der Waals surface area contributed by atoms with Crippen LogP contribution in [0.1, 0.15) is 15.9 Å². The first-order valence-corrected chi connectivity index (χ1v) is 6.36. The molecule has 2 aromatic rings. The highest BCUT2D eigenvalue weighted by Crippen LogP contribution is 2.18. The normalized spacial score (nSPS) is 10.1. The van der Waals surface area contributed by atoms with Gasteiger partial charge in [-0.1, -0.05) is 6.07 Å². The van der Waals surface area contributed by atoms with Crippen LogP contribution in [0.5, 0.6) is 5.75 Å². The van der Waals surface area contributed by atoms with E-state index in [9.17, 15) is 9.90 Å². The van der Waals surface area contributed by atoms with E-state index in [-0.39, 0.29) is 11.7 Å². The van der Waals surface area contributed by atoms with Crippen LogP contribution < -0.4 is 5.32 Å². The van der Waals surface area contributed by atoms with E-state index in [2.05, 4.69) is 32.9 Å². The number of pyridine rings is 1. The van der Waals surface area contributed by atoms with E-state index in [4.69, 9.17) is 0 Å². The first-order chi connectivity index (χ1) is 8.56. The summed E-state index contributed by atoms with van der Waals surface area (Å²) in [6.07, 6.45) is 1.67. The van der Waals surface area contributed by atoms with E-state index in [1.807, 2.05) is 6.07 Å². The summed E-state index contributed by atoms with van der Waals surface area (Å²) >= 11 is 2.14. The van der Waals surface area contributed by atoms with Gasteiger partial charge in [0, 0.05) is 15.3 Å². The van der Waals surface area contributed by atoms with Gasteiger partial charge >= 0.3 is 0 Å². The molecule has 1 aromatic heterocycles. The van der Waals surface area contributed by atoms with Gasteiger partial charge < -0.3 is 10.4 Å². The van der Waals surface area contributed by atoms with E-state index in [0.717, 1.165) is 9.13 Å². The van der Waals surface area contributed by atoms with E-state index in [1.54, 1.807) is 31.3 Å². The number of aromatic nitrogens is 1. The molecule has 0 atom stereocenters. The lowest BCUT2D eigenvalue weighted by molar-refractivity contribution is 0.102. The minimum atomic E-state index is -0.293. The van der Waals surface area contributed by atoms with Gasteiger partial charge in [0.15, 0.2) is 0 Å². The third-order valence-corrected chi connectivity index (χ3v) is 3.08. The molecule has 1 amide bonds. The highest BCUT2D eigenvalue weighted by atomic mass is 127. The molecule has 1 aromatic carbocycles. The number of anilines is 1. The number of aromatic hydroxyl groups is 1. The molecule has 5 heteroatoms. The highest BCUT2D eigenvalue weighted by Gasteiger charge is 2.08. The smallest absolute Gasteiger partial charge is 0.256 e. The predicted octanol–water partition coefficient (Wildman–Crippen LogP) is 2.95. The SMILES string of the molecule is Cc1ccc(C(=O)Nc2ccc(I)cn2)cc1O. The Morgan fingerprint density at radius 1 is 1.33 bits per heavy atom. The average molecular weight is 354 g/mol. The monoisotopic (exact) mass is 354 g/mol. The van der Waals surface area contributed by atoms with Crippen LogP contribution in [0.15, 0.2) is 36.5 Å². The predicted molar refractivity (Wildman–Crippen MR) is 77.8 cm³/mol. The zero-order valence-electron chi connectivity index (χ0n) is 9.64. The minimum absolute atomic E-state index is 0.109. The van der Waals surface area contributed by atoms with Gasteiger partial charge in [0.05, 0.1) is 0 Å². The standard InChI is InChI=1S/C13H11IN2O2/c1-8-2-3-9(6-11(8)17)13(18)16-12-5-4-10(14)7-15-12/h2-7,17H,1H3,(H,15,16,18). The highest BCUT2D eigenvalue weighted by molar-refractivity contribution is 14.1. The maximum atomic E-state index is 11.9. The molecule has 0 aliphatic carbocycles. The topological polar surface area (TPSA) is 62.2 Å². The lowest BCUT2D eigenvalue weighted by Crippen LogP contribution is -2.12. The number of halogens is 1. The minimum Gasteiger partial charge on any atom is -0.508 e. The van der Waals surface area contributed by atoms with Gasteiger partial charge in [0.1, 0.15) is 11.6 Å². The Labute approximate surface area is 118 Å². The van der Waals surface area contributed by atoms with Gasteiger partial charge in [0.25, 0.3) is 5.91 Å². The molecule has 18 heavy (non-hydrogen) atoms. The quantitative estimate of drug-likeness (QED) is 0.816. The summed E-state index contributed by atoms with van der Waals surface area (Å²) in [6.45, 7) is 1.78. The second-order valence-corrected chi connectivity index (χ2v) is 5.06. The van der Waals surface area contributed by atoms with Crippen molar-refractivity contribution in [1.29, 1.82) is 0 Å². The molecule has 0 aliphatic heterocycles. The molecule has 0 radical (unpaired) electrons. The second kappa shape index (κ2) is 5.34. The van der Waals surface area contributed by atoms with Gasteiger partial charge in [0.2, 0.25) is 0 Å². The summed E-state index contributed by atoms with van der Waals surface area (Å²) in [4.78, 5) is 16.0. The van der Waals surface area contributed by atoms with Crippen molar-refractivity contribution >= 4 is 34.3 Å². The Morgan fingerprint density at radius 2 is 2.11 bits per heavy atom. The molecule has 0 unspecified atom stereocenters. The molecule has 2 N–H and O–H groups in total. The van der Waals surface area contributed by atoms with Crippen molar-refractivity contribution in [2.45, 2.75) is 6.92 Å². The number of hydrogen-bond donors (Lipinski definition) is 2. The Balaban J connectivity index is 2.16. The van der Waals surface area contributed by atoms with Gasteiger partial charge in [-0.15, -0.1) is 0 Å². The largest absolute Gasteiger partial charge is 0.508 e. The average Bonchev–Trinajstić information content (AvgIpc) is 2.35. The van der Waals surface area contributed by atoms with Crippen molar-refractivity contribution in [2.24, 2.45) is 0 Å². The van der Waals surface area contributed by atoms with Crippen molar-refractivity contribution in [3.8, 4) is 5.75 Å². The van der Waals surface area contributed by atoms with Crippen LogP contribution in [-0.4, -0.2) is 16.0 Å². The van der Waals surface area contributed by atoms with E-state index in [0.29, 0.717) is 11.4 Å². The molecular formula is C13H11IN2O2. The summed E-state index contributed by atoms with van der Waals surface area (Å²) in [7, 11) is 0. The summed E-state index contributed by atoms with van der Waals surface area (Å²) in [5.74, 6) is 0.303. The Morgan fingerprint density at radius 3 is 2.72 bits per heavy atom. The van der Waals surface area contributed by atoms with E-state index < -0.39 is 0 Å². The fraction of sp³-hybridized carbons (Fsp3) is 0.0769. The number of carbonyl (C=O) groups excluding carboxylic acids is 1. The number of carbonyl (C=O) groups is 1. The van der Waals surface area contributed by atoms with Crippen LogP contribution in [0.25, 0.3) is 0 Å². The van der Waals surface area contributed by atoms with Crippen LogP contribution in [-0.2, 0) is 0 Å². The van der Waals surface area contributed by atoms with Gasteiger partial charge in [-0.05, 0) is 59.3 Å². The zero-order chi connectivity index (χ0) is 13.1. The summed E-state index contributed by atoms with van der Waals surface area (Å²) in [6, 6.07) is 8.39. The van der Waals surface area contributed by atoms with Crippen LogP contribution >= 0.6 is 22.6 Å². The number of phenols is 1. The molecule has 0 aliphatic rings. The summed E-state index contributed by atoms with van der Waals surface area (Å²) in [5.41, 5.74) is 1.14. The fourth-order valence-electron chi connectivity index (χ4n) is 1.39. The van der Waals surface area contributed by atoms with E-state index in [1.165, 1.54) is 6.07 Å². The molecule has 0 bridgehead atoms. The number of nitrogens with zero attached hydrogens (tertiary/aromatic N) is 1. The Bertz CT molecular complexity index is 582. The maximum absolute atomic E-state index is 11.9. The van der Waals surface area contributed by atoms with Crippen molar-refractivity contribution in [1.82, 2.24) is 4.98 Å². The van der Waals surface area contributed by atoms with Gasteiger partial charge in [-0.2, -0.15) is 0 Å². The maximum Gasteiger partial charge on any atom is 0.256 e. The summed E-state index contributed by atoms with van der Waals surface area (Å²) in [5, 5.41) is 12.2. The fourth-order valence-corrected chi connectivity index (χ4v) is 1.71. The summed E-state index contributed by atoms with van der Waals surface area (Å²) < 4.78 is 0.999. The second-order valence-electron chi connectivity index (χ2n) is 3.82. The van der Waals surface area contributed by atoms with Gasteiger partial charge in [-0.3, -0.25) is 4.79 Å². The van der Waals surface area contributed by atoms with Crippen molar-refractivity contribution in [2.75, 3.05) is 5.32 Å². The zero-order valence-corrected chi connectivity index (χ0v) is 11.8. The molecular weight excluding hydrogens is 343 g/mol. The third-order valence-electron chi connectivity index (χ3n) is 2.44. The molecule has 1 heterocycles. The number of phenolic OH excluding ortho intramolecular Hbond substituents is 1. The number of nitrogens with one attached hydrogen (secondary N) is 1. The molecule has 0 fully saturated rings. The molecule has 0 saturated heterocycles. The Kier molecular flexibility index (Phi) is 3.81. The van der Waals surface area contributed by atoms with Crippen molar-refractivity contribution in [3.05, 3.63) is 51.2 Å². The number of aryl methyl sites for hydroxylation is 1. The van der Waals surface area contributed by atoms with E-state index >= 15 is 0 Å². The number of amides is 1. The number of hydrogen-bond acceptors (Lipinski definition) is 3. The molecule has 0 spiro atoms. The lowest BCUT2D eigenvalue weighted by atomic mass is 10.1. The molecule has 0 saturated carbocycles. The van der Waals surface area contributed by atoms with Crippen LogP contribution in [0.4, 0.5) is 5.82 Å².